The minimum atomic E-state index is -1.16. The Balaban J connectivity index is 1.57. The fourth-order valence-electron chi connectivity index (χ4n) is 6.96. The van der Waals surface area contributed by atoms with Gasteiger partial charge in [-0.25, -0.2) is 5.01 Å². The van der Waals surface area contributed by atoms with E-state index < -0.39 is 5.54 Å². The van der Waals surface area contributed by atoms with Gasteiger partial charge in [0, 0.05) is 5.56 Å². The van der Waals surface area contributed by atoms with Crippen LogP contribution in [0.4, 0.5) is 0 Å². The van der Waals surface area contributed by atoms with Crippen LogP contribution in [0.2, 0.25) is 0 Å². The van der Waals surface area contributed by atoms with Crippen molar-refractivity contribution in [2.45, 2.75) is 47.8 Å². The molecule has 0 aromatic heterocycles. The monoisotopic (exact) mass is 360 g/mol. The number of hydrazone groups is 1. The smallest absolute Gasteiger partial charge is 0.244 e. The zero-order chi connectivity index (χ0) is 17.5. The summed E-state index contributed by atoms with van der Waals surface area (Å²) in [5.74, 6) is 2.56. The largest absolute Gasteiger partial charge is 0.245 e. The molecule has 5 heteroatoms. The molecule has 1 aromatic carbocycles. The van der Waals surface area contributed by atoms with Gasteiger partial charge in [0.1, 0.15) is 17.5 Å². The Labute approximate surface area is 157 Å². The lowest BCUT2D eigenvalue weighted by atomic mass is 9.48. The van der Waals surface area contributed by atoms with Gasteiger partial charge in [-0.05, 0) is 61.3 Å². The van der Waals surface area contributed by atoms with Crippen molar-refractivity contribution in [3.8, 4) is 12.1 Å². The fraction of sp³-hybridized carbons (Fsp3) is 0.571. The number of hydrogen-bond acceptors (Lipinski definition) is 5. The molecule has 0 N–H and O–H groups in total. The van der Waals surface area contributed by atoms with Crippen LogP contribution in [0.5, 0.6) is 0 Å². The van der Waals surface area contributed by atoms with Crippen molar-refractivity contribution < 1.29 is 0 Å². The molecule has 2 aliphatic heterocycles. The molecule has 4 bridgehead atoms. The van der Waals surface area contributed by atoms with Gasteiger partial charge in [-0.3, -0.25) is 0 Å². The molecular weight excluding hydrogens is 340 g/mol. The van der Waals surface area contributed by atoms with E-state index in [1.54, 1.807) is 0 Å². The molecule has 4 nitrogen and oxygen atoms in total. The van der Waals surface area contributed by atoms with E-state index in [1.165, 1.54) is 37.7 Å². The topological polar surface area (TPSA) is 63.2 Å². The summed E-state index contributed by atoms with van der Waals surface area (Å²) in [4.78, 5) is 0. The highest BCUT2D eigenvalue weighted by molar-refractivity contribution is 8.01. The van der Waals surface area contributed by atoms with E-state index in [4.69, 9.17) is 0 Å². The Hall–Kier alpha value is -1.98. The quantitative estimate of drug-likeness (QED) is 0.700. The second-order valence-corrected chi connectivity index (χ2v) is 10.1. The second-order valence-electron chi connectivity index (χ2n) is 8.72. The van der Waals surface area contributed by atoms with Crippen LogP contribution in [0.25, 0.3) is 0 Å². The number of benzene rings is 1. The Bertz CT molecular complexity index is 865. The third kappa shape index (κ3) is 1.52. The first-order chi connectivity index (χ1) is 12.7. The first-order valence-corrected chi connectivity index (χ1v) is 10.5. The maximum absolute atomic E-state index is 10.4. The van der Waals surface area contributed by atoms with Crippen LogP contribution >= 0.6 is 11.8 Å². The van der Waals surface area contributed by atoms with Crippen molar-refractivity contribution in [1.82, 2.24) is 5.01 Å². The summed E-state index contributed by atoms with van der Waals surface area (Å²) in [6, 6.07) is 13.3. The van der Waals surface area contributed by atoms with Gasteiger partial charge in [0.05, 0.1) is 11.0 Å². The molecule has 1 atom stereocenters. The molecule has 0 amide bonds. The highest BCUT2D eigenvalue weighted by Gasteiger charge is 2.75. The van der Waals surface area contributed by atoms with Crippen LogP contribution < -0.4 is 0 Å². The van der Waals surface area contributed by atoms with E-state index in [-0.39, 0.29) is 10.1 Å². The first-order valence-electron chi connectivity index (χ1n) is 9.64. The first kappa shape index (κ1) is 15.1. The molecule has 1 spiro atoms. The minimum absolute atomic E-state index is 0.0203. The molecular formula is C21H20N4S. The van der Waals surface area contributed by atoms with Crippen LogP contribution in [0, 0.1) is 46.3 Å². The van der Waals surface area contributed by atoms with Gasteiger partial charge in [-0.2, -0.15) is 15.6 Å². The maximum Gasteiger partial charge on any atom is 0.245 e. The van der Waals surface area contributed by atoms with Crippen LogP contribution in [0.3, 0.4) is 0 Å². The summed E-state index contributed by atoms with van der Waals surface area (Å²) >= 11 is 1.90. The molecule has 6 aliphatic rings. The number of nitriles is 2. The van der Waals surface area contributed by atoms with Crippen molar-refractivity contribution in [2.75, 3.05) is 0 Å². The molecule has 2 heterocycles. The van der Waals surface area contributed by atoms with Crippen molar-refractivity contribution in [3.63, 3.8) is 0 Å². The van der Waals surface area contributed by atoms with E-state index in [1.807, 2.05) is 29.1 Å². The number of fused-ring (bicyclic) bond motifs is 3. The molecule has 1 aromatic rings. The van der Waals surface area contributed by atoms with Gasteiger partial charge in [-0.1, -0.05) is 24.3 Å². The number of nitrogens with zero attached hydrogens (tertiary/aromatic N) is 4. The average Bonchev–Trinajstić information content (AvgIpc) is 2.97. The molecule has 1 saturated heterocycles. The highest BCUT2D eigenvalue weighted by Crippen LogP contribution is 2.73. The van der Waals surface area contributed by atoms with Crippen molar-refractivity contribution >= 4 is 18.0 Å². The third-order valence-electron chi connectivity index (χ3n) is 7.70. The third-order valence-corrected chi connectivity index (χ3v) is 9.72. The van der Waals surface area contributed by atoms with E-state index in [0.29, 0.717) is 11.8 Å². The molecule has 4 saturated carbocycles. The summed E-state index contributed by atoms with van der Waals surface area (Å²) in [5.41, 5.74) is 1.16. The second kappa shape index (κ2) is 4.84. The van der Waals surface area contributed by atoms with Crippen LogP contribution in [-0.2, 0) is 0 Å². The minimum Gasteiger partial charge on any atom is -0.244 e. The van der Waals surface area contributed by atoms with Crippen LogP contribution in [-0.4, -0.2) is 21.5 Å². The maximum atomic E-state index is 10.4. The standard InChI is InChI=1S/C21H20N4S/c22-11-20(12-23)21(16-6-13-5-14(8-16)9-17(21)7-13)26-19-18-4-2-1-3-15(18)10-24-25(19)20/h1-4,10,13-14,16-17,19H,5-9H2/t13?,14?,16?,17?,19-,21?/m1/s1. The fourth-order valence-corrected chi connectivity index (χ4v) is 9.11. The van der Waals surface area contributed by atoms with Crippen LogP contribution in [0.1, 0.15) is 48.6 Å². The van der Waals surface area contributed by atoms with Gasteiger partial charge in [-0.15, -0.1) is 11.8 Å². The molecule has 130 valence electrons. The van der Waals surface area contributed by atoms with E-state index >= 15 is 0 Å². The molecule has 7 rings (SSSR count). The highest BCUT2D eigenvalue weighted by atomic mass is 32.2. The van der Waals surface area contributed by atoms with Crippen LogP contribution in [0.15, 0.2) is 29.4 Å². The van der Waals surface area contributed by atoms with Crippen molar-refractivity contribution in [3.05, 3.63) is 35.4 Å². The molecule has 0 unspecified atom stereocenters. The Kier molecular flexibility index (Phi) is 2.81. The summed E-state index contributed by atoms with van der Waals surface area (Å²) in [7, 11) is 0. The van der Waals surface area contributed by atoms with E-state index in [0.717, 1.165) is 17.4 Å². The van der Waals surface area contributed by atoms with Gasteiger partial charge in [0.15, 0.2) is 0 Å². The molecule has 0 radical (unpaired) electrons. The SMILES string of the molecule is N#CC1(C#N)N2N=Cc3ccccc3[C@H]2SC12C1CC3CC(C1)CC2C3. The average molecular weight is 360 g/mol. The van der Waals surface area contributed by atoms with Crippen molar-refractivity contribution in [1.29, 1.82) is 10.5 Å². The predicted octanol–water partition coefficient (Wildman–Crippen LogP) is 4.06. The number of hydrogen-bond donors (Lipinski definition) is 0. The predicted molar refractivity (Wildman–Crippen MR) is 99.9 cm³/mol. The molecule has 26 heavy (non-hydrogen) atoms. The van der Waals surface area contributed by atoms with Gasteiger partial charge >= 0.3 is 0 Å². The lowest BCUT2D eigenvalue weighted by Crippen LogP contribution is -2.67. The van der Waals surface area contributed by atoms with Gasteiger partial charge in [0.25, 0.3) is 0 Å². The number of rotatable bonds is 0. The van der Waals surface area contributed by atoms with E-state index in [9.17, 15) is 10.5 Å². The normalized spacial score (nSPS) is 43.0. The van der Waals surface area contributed by atoms with E-state index in [2.05, 4.69) is 35.4 Å². The Morgan fingerprint density at radius 3 is 2.31 bits per heavy atom. The summed E-state index contributed by atoms with van der Waals surface area (Å²) in [5, 5.41) is 27.2. The summed E-state index contributed by atoms with van der Waals surface area (Å²) < 4.78 is -0.302. The summed E-state index contributed by atoms with van der Waals surface area (Å²) in [6.45, 7) is 0. The Morgan fingerprint density at radius 2 is 1.65 bits per heavy atom. The number of thioether (sulfide) groups is 1. The zero-order valence-electron chi connectivity index (χ0n) is 14.5. The zero-order valence-corrected chi connectivity index (χ0v) is 15.3. The van der Waals surface area contributed by atoms with Crippen molar-refractivity contribution in [2.24, 2.45) is 28.8 Å². The summed E-state index contributed by atoms with van der Waals surface area (Å²) in [6.07, 6.45) is 7.97. The molecule has 5 fully saturated rings. The lowest BCUT2D eigenvalue weighted by molar-refractivity contribution is -0.0495. The van der Waals surface area contributed by atoms with Gasteiger partial charge in [0.2, 0.25) is 5.54 Å². The van der Waals surface area contributed by atoms with Gasteiger partial charge < -0.3 is 0 Å². The lowest BCUT2D eigenvalue weighted by Gasteiger charge is -2.61. The molecule has 4 aliphatic carbocycles. The Morgan fingerprint density at radius 1 is 1.00 bits per heavy atom.